The summed E-state index contributed by atoms with van der Waals surface area (Å²) in [6.07, 6.45) is 0. The van der Waals surface area contributed by atoms with Gasteiger partial charge in [-0.25, -0.2) is 13.6 Å². The quantitative estimate of drug-likeness (QED) is 0.838. The minimum Gasteiger partial charge on any atom is -0.493 e. The molecule has 1 amide bonds. The van der Waals surface area contributed by atoms with Gasteiger partial charge in [-0.05, 0) is 18.2 Å². The molecule has 2 rings (SSSR count). The molecule has 0 unspecified atom stereocenters. The molecule has 0 fully saturated rings. The van der Waals surface area contributed by atoms with Crippen molar-refractivity contribution >= 4 is 17.6 Å². The molecule has 0 aliphatic rings. The van der Waals surface area contributed by atoms with Gasteiger partial charge < -0.3 is 19.5 Å². The third-order valence-corrected chi connectivity index (χ3v) is 3.36. The van der Waals surface area contributed by atoms with E-state index in [1.54, 1.807) is 0 Å². The summed E-state index contributed by atoms with van der Waals surface area (Å²) in [6.45, 7) is 0. The van der Waals surface area contributed by atoms with Crippen LogP contribution in [0.15, 0.2) is 30.3 Å². The van der Waals surface area contributed by atoms with Gasteiger partial charge in [0, 0.05) is 17.7 Å². The molecule has 0 spiro atoms. The van der Waals surface area contributed by atoms with Crippen molar-refractivity contribution in [1.29, 1.82) is 0 Å². The summed E-state index contributed by atoms with van der Waals surface area (Å²) >= 11 is 0. The van der Waals surface area contributed by atoms with Crippen molar-refractivity contribution in [1.82, 2.24) is 0 Å². The lowest BCUT2D eigenvalue weighted by Crippen LogP contribution is -2.16. The number of ether oxygens (including phenoxy) is 3. The number of hydrogen-bond acceptors (Lipinski definition) is 5. The fraction of sp³-hybridized carbons (Fsp3) is 0.176. The van der Waals surface area contributed by atoms with E-state index >= 15 is 0 Å². The molecule has 132 valence electrons. The highest BCUT2D eigenvalue weighted by atomic mass is 19.2. The van der Waals surface area contributed by atoms with Crippen molar-refractivity contribution in [2.75, 3.05) is 26.6 Å². The van der Waals surface area contributed by atoms with Crippen LogP contribution in [-0.2, 0) is 4.74 Å². The molecule has 6 nitrogen and oxygen atoms in total. The van der Waals surface area contributed by atoms with Gasteiger partial charge in [-0.2, -0.15) is 0 Å². The zero-order valence-electron chi connectivity index (χ0n) is 13.7. The van der Waals surface area contributed by atoms with Crippen LogP contribution in [-0.4, -0.2) is 33.2 Å². The third-order valence-electron chi connectivity index (χ3n) is 3.36. The summed E-state index contributed by atoms with van der Waals surface area (Å²) < 4.78 is 41.2. The van der Waals surface area contributed by atoms with Crippen LogP contribution in [0.1, 0.15) is 20.7 Å². The first kappa shape index (κ1) is 18.2. The van der Waals surface area contributed by atoms with Crippen LogP contribution in [0.3, 0.4) is 0 Å². The van der Waals surface area contributed by atoms with E-state index in [-0.39, 0.29) is 28.3 Å². The van der Waals surface area contributed by atoms with E-state index in [4.69, 9.17) is 9.47 Å². The average molecular weight is 351 g/mol. The molecule has 0 aromatic heterocycles. The highest BCUT2D eigenvalue weighted by Gasteiger charge is 2.20. The molecule has 0 heterocycles. The topological polar surface area (TPSA) is 73.9 Å². The van der Waals surface area contributed by atoms with Crippen LogP contribution in [0.2, 0.25) is 0 Å². The molecule has 2 aromatic rings. The summed E-state index contributed by atoms with van der Waals surface area (Å²) in [5.74, 6) is -3.17. The summed E-state index contributed by atoms with van der Waals surface area (Å²) in [6, 6.07) is 5.41. The van der Waals surface area contributed by atoms with Gasteiger partial charge in [0.25, 0.3) is 5.91 Å². The maximum Gasteiger partial charge on any atom is 0.340 e. The van der Waals surface area contributed by atoms with Gasteiger partial charge in [0.1, 0.15) is 0 Å². The van der Waals surface area contributed by atoms with Gasteiger partial charge in [-0.15, -0.1) is 0 Å². The van der Waals surface area contributed by atoms with E-state index in [0.717, 1.165) is 18.2 Å². The van der Waals surface area contributed by atoms with Crippen molar-refractivity contribution in [2.24, 2.45) is 0 Å². The molecule has 0 radical (unpaired) electrons. The maximum atomic E-state index is 13.3. The number of rotatable bonds is 5. The second-order valence-electron chi connectivity index (χ2n) is 4.83. The number of amides is 1. The van der Waals surface area contributed by atoms with E-state index in [1.165, 1.54) is 33.5 Å². The predicted octanol–water partition coefficient (Wildman–Crippen LogP) is 3.02. The first-order valence-electron chi connectivity index (χ1n) is 7.02. The Hall–Kier alpha value is -3.16. The lowest BCUT2D eigenvalue weighted by molar-refractivity contribution is 0.0601. The number of methoxy groups -OCH3 is 3. The lowest BCUT2D eigenvalue weighted by atomic mass is 10.1. The Balaban J connectivity index is 2.44. The number of esters is 1. The van der Waals surface area contributed by atoms with E-state index < -0.39 is 23.5 Å². The van der Waals surface area contributed by atoms with Gasteiger partial charge in [-0.3, -0.25) is 4.79 Å². The number of hydrogen-bond donors (Lipinski definition) is 1. The molecule has 0 aliphatic heterocycles. The zero-order chi connectivity index (χ0) is 18.6. The van der Waals surface area contributed by atoms with Crippen LogP contribution < -0.4 is 14.8 Å². The minimum absolute atomic E-state index is 0.0103. The SMILES string of the molecule is COC(=O)c1cc(OC)c(OC)cc1NC(=O)c1ccc(F)c(F)c1. The fourth-order valence-corrected chi connectivity index (χ4v) is 2.09. The molecule has 0 saturated heterocycles. The van der Waals surface area contributed by atoms with E-state index in [1.807, 2.05) is 0 Å². The average Bonchev–Trinajstić information content (AvgIpc) is 2.62. The van der Waals surface area contributed by atoms with Gasteiger partial charge in [0.2, 0.25) is 0 Å². The highest BCUT2D eigenvalue weighted by molar-refractivity contribution is 6.08. The Labute approximate surface area is 142 Å². The molecule has 2 aromatic carbocycles. The van der Waals surface area contributed by atoms with Crippen LogP contribution >= 0.6 is 0 Å². The van der Waals surface area contributed by atoms with Crippen LogP contribution in [0, 0.1) is 11.6 Å². The maximum absolute atomic E-state index is 13.3. The van der Waals surface area contributed by atoms with Crippen molar-refractivity contribution < 1.29 is 32.6 Å². The Morgan fingerprint density at radius 1 is 0.920 bits per heavy atom. The number of halogens is 2. The number of carbonyl (C=O) groups excluding carboxylic acids is 2. The van der Waals surface area contributed by atoms with Gasteiger partial charge >= 0.3 is 5.97 Å². The molecular formula is C17H15F2NO5. The molecular weight excluding hydrogens is 336 g/mol. The molecule has 0 aliphatic carbocycles. The van der Waals surface area contributed by atoms with Crippen molar-refractivity contribution in [3.05, 3.63) is 53.1 Å². The number of nitrogens with one attached hydrogen (secondary N) is 1. The largest absolute Gasteiger partial charge is 0.493 e. The smallest absolute Gasteiger partial charge is 0.340 e. The van der Waals surface area contributed by atoms with E-state index in [9.17, 15) is 18.4 Å². The molecule has 25 heavy (non-hydrogen) atoms. The summed E-state index contributed by atoms with van der Waals surface area (Å²) in [4.78, 5) is 24.2. The normalized spacial score (nSPS) is 10.1. The predicted molar refractivity (Wildman–Crippen MR) is 85.2 cm³/mol. The van der Waals surface area contributed by atoms with Crippen molar-refractivity contribution in [3.8, 4) is 11.5 Å². The van der Waals surface area contributed by atoms with Crippen molar-refractivity contribution in [3.63, 3.8) is 0 Å². The van der Waals surface area contributed by atoms with Gasteiger partial charge in [0.05, 0.1) is 32.6 Å². The molecule has 0 saturated carbocycles. The summed E-state index contributed by atoms with van der Waals surface area (Å²) in [7, 11) is 3.95. The Morgan fingerprint density at radius 3 is 2.12 bits per heavy atom. The molecule has 0 bridgehead atoms. The zero-order valence-corrected chi connectivity index (χ0v) is 13.7. The summed E-state index contributed by atoms with van der Waals surface area (Å²) in [5, 5.41) is 2.45. The number of carbonyl (C=O) groups is 2. The molecule has 0 atom stereocenters. The highest BCUT2D eigenvalue weighted by Crippen LogP contribution is 2.34. The second kappa shape index (κ2) is 7.61. The van der Waals surface area contributed by atoms with Gasteiger partial charge in [-0.1, -0.05) is 0 Å². The fourth-order valence-electron chi connectivity index (χ4n) is 2.09. The summed E-state index contributed by atoms with van der Waals surface area (Å²) in [5.41, 5.74) is -0.0418. The van der Waals surface area contributed by atoms with E-state index in [0.29, 0.717) is 0 Å². The molecule has 1 N–H and O–H groups in total. The molecule has 8 heteroatoms. The van der Waals surface area contributed by atoms with Crippen LogP contribution in [0.25, 0.3) is 0 Å². The Bertz CT molecular complexity index is 823. The second-order valence-corrected chi connectivity index (χ2v) is 4.83. The van der Waals surface area contributed by atoms with Crippen LogP contribution in [0.5, 0.6) is 11.5 Å². The number of anilines is 1. The Kier molecular flexibility index (Phi) is 5.53. The van der Waals surface area contributed by atoms with Crippen LogP contribution in [0.4, 0.5) is 14.5 Å². The Morgan fingerprint density at radius 2 is 1.56 bits per heavy atom. The standard InChI is InChI=1S/C17H15F2NO5/c1-23-14-7-10(17(22)25-3)13(8-15(14)24-2)20-16(21)9-4-5-11(18)12(19)6-9/h4-8H,1-3H3,(H,20,21). The van der Waals surface area contributed by atoms with Gasteiger partial charge in [0.15, 0.2) is 23.1 Å². The minimum atomic E-state index is -1.16. The van der Waals surface area contributed by atoms with Crippen molar-refractivity contribution in [2.45, 2.75) is 0 Å². The lowest BCUT2D eigenvalue weighted by Gasteiger charge is -2.14. The monoisotopic (exact) mass is 351 g/mol. The number of benzene rings is 2. The van der Waals surface area contributed by atoms with E-state index in [2.05, 4.69) is 10.1 Å². The third kappa shape index (κ3) is 3.85. The first-order chi connectivity index (χ1) is 11.9. The first-order valence-corrected chi connectivity index (χ1v) is 7.02.